The van der Waals surface area contributed by atoms with E-state index in [1.54, 1.807) is 0 Å². The van der Waals surface area contributed by atoms with Crippen LogP contribution < -0.4 is 10.5 Å². The Morgan fingerprint density at radius 1 is 1.12 bits per heavy atom. The molecule has 86 valence electrons. The third-order valence-corrected chi connectivity index (χ3v) is 3.27. The minimum absolute atomic E-state index is 0.103. The van der Waals surface area contributed by atoms with Gasteiger partial charge in [0.2, 0.25) is 0 Å². The Balaban J connectivity index is 2.25. The highest BCUT2D eigenvalue weighted by Gasteiger charge is 2.22. The average Bonchev–Trinajstić information content (AvgIpc) is 2.38. The fourth-order valence-electron chi connectivity index (χ4n) is 2.36. The lowest BCUT2D eigenvalue weighted by Gasteiger charge is -2.26. The summed E-state index contributed by atoms with van der Waals surface area (Å²) in [6, 6.07) is 14.5. The zero-order valence-electron chi connectivity index (χ0n) is 9.81. The van der Waals surface area contributed by atoms with Crippen molar-refractivity contribution in [1.29, 1.82) is 0 Å². The lowest BCUT2D eigenvalue weighted by molar-refractivity contribution is 0.223. The molecule has 0 aromatic heterocycles. The molecule has 0 saturated heterocycles. The van der Waals surface area contributed by atoms with Crippen LogP contribution in [-0.2, 0) is 6.54 Å². The fraction of sp³-hybridized carbons (Fsp3) is 0.200. The second kappa shape index (κ2) is 3.90. The number of fused-ring (bicyclic) bond motifs is 3. The summed E-state index contributed by atoms with van der Waals surface area (Å²) in [6.07, 6.45) is 0.103. The molecule has 2 aromatic carbocycles. The minimum atomic E-state index is 0.103. The van der Waals surface area contributed by atoms with E-state index in [0.717, 1.165) is 16.9 Å². The molecule has 0 fully saturated rings. The maximum absolute atomic E-state index is 5.90. The minimum Gasteiger partial charge on any atom is -0.485 e. The van der Waals surface area contributed by atoms with Gasteiger partial charge in [0.25, 0.3) is 0 Å². The molecule has 0 spiro atoms. The van der Waals surface area contributed by atoms with Gasteiger partial charge in [0.1, 0.15) is 11.9 Å². The Morgan fingerprint density at radius 3 is 2.76 bits per heavy atom. The van der Waals surface area contributed by atoms with E-state index in [-0.39, 0.29) is 6.10 Å². The van der Waals surface area contributed by atoms with E-state index in [0.29, 0.717) is 6.54 Å². The van der Waals surface area contributed by atoms with E-state index in [2.05, 4.69) is 31.2 Å². The van der Waals surface area contributed by atoms with Gasteiger partial charge in [-0.1, -0.05) is 30.3 Å². The predicted molar refractivity (Wildman–Crippen MR) is 68.8 cm³/mol. The molecule has 2 aromatic rings. The first-order chi connectivity index (χ1) is 8.29. The van der Waals surface area contributed by atoms with Crippen LogP contribution in [0.2, 0.25) is 0 Å². The van der Waals surface area contributed by atoms with E-state index in [9.17, 15) is 0 Å². The van der Waals surface area contributed by atoms with Crippen LogP contribution in [0.15, 0.2) is 42.5 Å². The lowest BCUT2D eigenvalue weighted by atomic mass is 9.92. The molecule has 1 heterocycles. The van der Waals surface area contributed by atoms with Crippen LogP contribution in [0.1, 0.15) is 24.2 Å². The Morgan fingerprint density at radius 2 is 1.94 bits per heavy atom. The number of hydrogen-bond donors (Lipinski definition) is 1. The second-order valence-electron chi connectivity index (χ2n) is 4.38. The van der Waals surface area contributed by atoms with Gasteiger partial charge < -0.3 is 10.5 Å². The molecule has 0 aliphatic carbocycles. The SMILES string of the molecule is CC1Oc2ccccc2-c2cc(CN)ccc21. The molecule has 2 N–H and O–H groups in total. The van der Waals surface area contributed by atoms with Crippen LogP contribution in [0, 0.1) is 0 Å². The van der Waals surface area contributed by atoms with Crippen molar-refractivity contribution in [2.24, 2.45) is 5.73 Å². The normalized spacial score (nSPS) is 16.9. The number of rotatable bonds is 1. The fourth-order valence-corrected chi connectivity index (χ4v) is 2.36. The molecule has 1 atom stereocenters. The van der Waals surface area contributed by atoms with E-state index in [1.165, 1.54) is 11.1 Å². The third kappa shape index (κ3) is 1.61. The van der Waals surface area contributed by atoms with Gasteiger partial charge in [-0.15, -0.1) is 0 Å². The van der Waals surface area contributed by atoms with Gasteiger partial charge in [-0.3, -0.25) is 0 Å². The first kappa shape index (κ1) is 10.4. The highest BCUT2D eigenvalue weighted by molar-refractivity contribution is 5.76. The highest BCUT2D eigenvalue weighted by atomic mass is 16.5. The number of hydrogen-bond acceptors (Lipinski definition) is 2. The molecular weight excluding hydrogens is 210 g/mol. The topological polar surface area (TPSA) is 35.2 Å². The molecule has 1 unspecified atom stereocenters. The maximum Gasteiger partial charge on any atom is 0.128 e. The summed E-state index contributed by atoms with van der Waals surface area (Å²) in [4.78, 5) is 0. The van der Waals surface area contributed by atoms with Crippen molar-refractivity contribution >= 4 is 0 Å². The van der Waals surface area contributed by atoms with Crippen molar-refractivity contribution in [2.45, 2.75) is 19.6 Å². The summed E-state index contributed by atoms with van der Waals surface area (Å²) in [5, 5.41) is 0. The van der Waals surface area contributed by atoms with Gasteiger partial charge in [0, 0.05) is 17.7 Å². The van der Waals surface area contributed by atoms with E-state index in [4.69, 9.17) is 10.5 Å². The quantitative estimate of drug-likeness (QED) is 0.808. The zero-order chi connectivity index (χ0) is 11.8. The van der Waals surface area contributed by atoms with E-state index >= 15 is 0 Å². The van der Waals surface area contributed by atoms with Crippen molar-refractivity contribution in [3.05, 3.63) is 53.6 Å². The monoisotopic (exact) mass is 225 g/mol. The largest absolute Gasteiger partial charge is 0.485 e. The Labute approximate surface area is 101 Å². The third-order valence-electron chi connectivity index (χ3n) is 3.27. The van der Waals surface area contributed by atoms with Crippen LogP contribution in [0.5, 0.6) is 5.75 Å². The Bertz CT molecular complexity index is 563. The van der Waals surface area contributed by atoms with Crippen LogP contribution in [0.3, 0.4) is 0 Å². The summed E-state index contributed by atoms with van der Waals surface area (Å²) in [7, 11) is 0. The Kier molecular flexibility index (Phi) is 2.37. The molecule has 0 radical (unpaired) electrons. The van der Waals surface area contributed by atoms with Gasteiger partial charge >= 0.3 is 0 Å². The van der Waals surface area contributed by atoms with Crippen molar-refractivity contribution in [3.63, 3.8) is 0 Å². The second-order valence-corrected chi connectivity index (χ2v) is 4.38. The van der Waals surface area contributed by atoms with Crippen LogP contribution in [-0.4, -0.2) is 0 Å². The van der Waals surface area contributed by atoms with Crippen LogP contribution >= 0.6 is 0 Å². The average molecular weight is 225 g/mol. The van der Waals surface area contributed by atoms with Gasteiger partial charge in [-0.2, -0.15) is 0 Å². The van der Waals surface area contributed by atoms with Crippen molar-refractivity contribution < 1.29 is 4.74 Å². The van der Waals surface area contributed by atoms with Gasteiger partial charge in [-0.05, 0) is 30.2 Å². The number of nitrogens with two attached hydrogens (primary N) is 1. The standard InChI is InChI=1S/C15H15NO/c1-10-12-7-6-11(9-16)8-14(12)13-4-2-3-5-15(13)17-10/h2-8,10H,9,16H2,1H3. The molecule has 3 rings (SSSR count). The van der Waals surface area contributed by atoms with Crippen molar-refractivity contribution in [3.8, 4) is 16.9 Å². The maximum atomic E-state index is 5.90. The van der Waals surface area contributed by atoms with Gasteiger partial charge in [-0.25, -0.2) is 0 Å². The molecule has 1 aliphatic heterocycles. The summed E-state index contributed by atoms with van der Waals surface area (Å²) >= 11 is 0. The van der Waals surface area contributed by atoms with Crippen LogP contribution in [0.25, 0.3) is 11.1 Å². The highest BCUT2D eigenvalue weighted by Crippen LogP contribution is 2.42. The Hall–Kier alpha value is -1.80. The molecule has 2 heteroatoms. The smallest absolute Gasteiger partial charge is 0.128 e. The van der Waals surface area contributed by atoms with E-state index in [1.807, 2.05) is 18.2 Å². The lowest BCUT2D eigenvalue weighted by Crippen LogP contribution is -2.11. The molecule has 17 heavy (non-hydrogen) atoms. The first-order valence-corrected chi connectivity index (χ1v) is 5.88. The van der Waals surface area contributed by atoms with Crippen molar-refractivity contribution in [1.82, 2.24) is 0 Å². The number of benzene rings is 2. The number of para-hydroxylation sites is 1. The molecule has 0 saturated carbocycles. The first-order valence-electron chi connectivity index (χ1n) is 5.88. The summed E-state index contributed by atoms with van der Waals surface area (Å²) < 4.78 is 5.90. The molecule has 1 aliphatic rings. The van der Waals surface area contributed by atoms with Gasteiger partial charge in [0.05, 0.1) is 0 Å². The number of ether oxygens (including phenoxy) is 1. The molecule has 0 amide bonds. The van der Waals surface area contributed by atoms with Crippen LogP contribution in [0.4, 0.5) is 0 Å². The predicted octanol–water partition coefficient (Wildman–Crippen LogP) is 3.27. The van der Waals surface area contributed by atoms with E-state index < -0.39 is 0 Å². The van der Waals surface area contributed by atoms with Gasteiger partial charge in [0.15, 0.2) is 0 Å². The molecule has 2 nitrogen and oxygen atoms in total. The summed E-state index contributed by atoms with van der Waals surface area (Å²) in [6.45, 7) is 2.65. The molecular formula is C15H15NO. The molecule has 0 bridgehead atoms. The van der Waals surface area contributed by atoms with Crippen molar-refractivity contribution in [2.75, 3.05) is 0 Å². The summed E-state index contributed by atoms with van der Waals surface area (Å²) in [5.41, 5.74) is 10.5. The summed E-state index contributed by atoms with van der Waals surface area (Å²) in [5.74, 6) is 0.960. The zero-order valence-corrected chi connectivity index (χ0v) is 9.81.